The third-order valence-corrected chi connectivity index (χ3v) is 4.77. The fourth-order valence-corrected chi connectivity index (χ4v) is 3.13. The molecule has 1 aromatic heterocycles. The van der Waals surface area contributed by atoms with Crippen LogP contribution in [0.2, 0.25) is 0 Å². The summed E-state index contributed by atoms with van der Waals surface area (Å²) in [5.41, 5.74) is 2.94. The molecule has 0 radical (unpaired) electrons. The Morgan fingerprint density at radius 2 is 1.74 bits per heavy atom. The van der Waals surface area contributed by atoms with E-state index in [1.165, 1.54) is 0 Å². The van der Waals surface area contributed by atoms with Gasteiger partial charge in [0.25, 0.3) is 5.91 Å². The highest BCUT2D eigenvalue weighted by molar-refractivity contribution is 6.00. The van der Waals surface area contributed by atoms with Crippen molar-refractivity contribution < 1.29 is 14.3 Å². The van der Waals surface area contributed by atoms with E-state index in [0.29, 0.717) is 22.8 Å². The van der Waals surface area contributed by atoms with E-state index >= 15 is 0 Å². The Morgan fingerprint density at radius 1 is 1.00 bits per heavy atom. The fraction of sp³-hybridized carbons (Fsp3) is 0.238. The molecule has 1 saturated heterocycles. The van der Waals surface area contributed by atoms with Gasteiger partial charge in [0.1, 0.15) is 5.69 Å². The van der Waals surface area contributed by atoms with E-state index < -0.39 is 0 Å². The normalized spacial score (nSPS) is 13.2. The molecular weight excluding hydrogens is 342 g/mol. The Bertz CT molecular complexity index is 962. The van der Waals surface area contributed by atoms with E-state index in [1.54, 1.807) is 18.9 Å². The largest absolute Gasteiger partial charge is 0.493 e. The third-order valence-electron chi connectivity index (χ3n) is 4.77. The van der Waals surface area contributed by atoms with E-state index in [2.05, 4.69) is 0 Å². The molecule has 1 amide bonds. The fourth-order valence-electron chi connectivity index (χ4n) is 3.13. The van der Waals surface area contributed by atoms with Crippen LogP contribution in [0.25, 0.3) is 16.9 Å². The SMILES string of the molecule is COc1ccc(-c2nn(-c3ccccc3)cc2C(=O)N2CCC2)cc1OC. The van der Waals surface area contributed by atoms with Crippen LogP contribution in [0.4, 0.5) is 0 Å². The van der Waals surface area contributed by atoms with E-state index in [-0.39, 0.29) is 5.91 Å². The molecule has 0 N–H and O–H groups in total. The molecule has 0 spiro atoms. The van der Waals surface area contributed by atoms with Crippen molar-refractivity contribution in [3.63, 3.8) is 0 Å². The molecule has 0 atom stereocenters. The van der Waals surface area contributed by atoms with Gasteiger partial charge in [-0.3, -0.25) is 4.79 Å². The van der Waals surface area contributed by atoms with Crippen molar-refractivity contribution in [3.05, 3.63) is 60.3 Å². The lowest BCUT2D eigenvalue weighted by molar-refractivity contribution is 0.0652. The van der Waals surface area contributed by atoms with E-state index in [1.807, 2.05) is 59.6 Å². The van der Waals surface area contributed by atoms with Gasteiger partial charge >= 0.3 is 0 Å². The van der Waals surface area contributed by atoms with Crippen molar-refractivity contribution in [2.45, 2.75) is 6.42 Å². The molecule has 1 aliphatic rings. The molecule has 0 aliphatic carbocycles. The van der Waals surface area contributed by atoms with Crippen molar-refractivity contribution in [1.82, 2.24) is 14.7 Å². The summed E-state index contributed by atoms with van der Waals surface area (Å²) in [6.45, 7) is 1.58. The zero-order valence-corrected chi connectivity index (χ0v) is 15.4. The van der Waals surface area contributed by atoms with Crippen molar-refractivity contribution in [1.29, 1.82) is 0 Å². The molecule has 0 bridgehead atoms. The number of hydrogen-bond donors (Lipinski definition) is 0. The lowest BCUT2D eigenvalue weighted by Crippen LogP contribution is -2.42. The second-order valence-corrected chi connectivity index (χ2v) is 6.39. The van der Waals surface area contributed by atoms with Gasteiger partial charge in [0.15, 0.2) is 11.5 Å². The molecule has 2 heterocycles. The molecule has 6 nitrogen and oxygen atoms in total. The number of benzene rings is 2. The molecule has 6 heteroatoms. The Hall–Kier alpha value is -3.28. The number of likely N-dealkylation sites (tertiary alicyclic amines) is 1. The standard InChI is InChI=1S/C21H21N3O3/c1-26-18-10-9-15(13-19(18)27-2)20-17(21(25)23-11-6-12-23)14-24(22-20)16-7-4-3-5-8-16/h3-5,7-10,13-14H,6,11-12H2,1-2H3. The third kappa shape index (κ3) is 3.14. The first kappa shape index (κ1) is 17.1. The van der Waals surface area contributed by atoms with Crippen LogP contribution in [0.5, 0.6) is 11.5 Å². The van der Waals surface area contributed by atoms with Crippen molar-refractivity contribution in [3.8, 4) is 28.4 Å². The van der Waals surface area contributed by atoms with E-state index in [4.69, 9.17) is 14.6 Å². The number of ether oxygens (including phenoxy) is 2. The number of carbonyl (C=O) groups is 1. The number of nitrogens with zero attached hydrogens (tertiary/aromatic N) is 3. The van der Waals surface area contributed by atoms with Gasteiger partial charge in [-0.1, -0.05) is 18.2 Å². The van der Waals surface area contributed by atoms with Gasteiger partial charge in [-0.15, -0.1) is 0 Å². The minimum atomic E-state index is 0.00761. The van der Waals surface area contributed by atoms with Gasteiger partial charge in [0.05, 0.1) is 25.5 Å². The van der Waals surface area contributed by atoms with Crippen LogP contribution < -0.4 is 9.47 Å². The van der Waals surface area contributed by atoms with Crippen molar-refractivity contribution in [2.75, 3.05) is 27.3 Å². The summed E-state index contributed by atoms with van der Waals surface area (Å²) in [4.78, 5) is 14.8. The number of aromatic nitrogens is 2. The lowest BCUT2D eigenvalue weighted by atomic mass is 10.1. The van der Waals surface area contributed by atoms with Crippen molar-refractivity contribution >= 4 is 5.91 Å². The molecule has 0 unspecified atom stereocenters. The Kier molecular flexibility index (Phi) is 4.54. The van der Waals surface area contributed by atoms with Gasteiger partial charge in [0, 0.05) is 24.8 Å². The second-order valence-electron chi connectivity index (χ2n) is 6.39. The highest BCUT2D eigenvalue weighted by Crippen LogP contribution is 2.34. The lowest BCUT2D eigenvalue weighted by Gasteiger charge is -2.30. The molecular formula is C21H21N3O3. The predicted octanol–water partition coefficient (Wildman–Crippen LogP) is 3.40. The zero-order valence-electron chi connectivity index (χ0n) is 15.4. The quantitative estimate of drug-likeness (QED) is 0.697. The topological polar surface area (TPSA) is 56.6 Å². The van der Waals surface area contributed by atoms with Crippen LogP contribution in [0.3, 0.4) is 0 Å². The highest BCUT2D eigenvalue weighted by atomic mass is 16.5. The van der Waals surface area contributed by atoms with Gasteiger partial charge < -0.3 is 14.4 Å². The Balaban J connectivity index is 1.83. The summed E-state index contributed by atoms with van der Waals surface area (Å²) < 4.78 is 12.5. The summed E-state index contributed by atoms with van der Waals surface area (Å²) in [5.74, 6) is 1.25. The smallest absolute Gasteiger partial charge is 0.257 e. The number of para-hydroxylation sites is 1. The van der Waals surface area contributed by atoms with Gasteiger partial charge in [-0.05, 0) is 36.8 Å². The maximum atomic E-state index is 13.0. The first-order chi connectivity index (χ1) is 13.2. The first-order valence-electron chi connectivity index (χ1n) is 8.88. The highest BCUT2D eigenvalue weighted by Gasteiger charge is 2.27. The summed E-state index contributed by atoms with van der Waals surface area (Å²) >= 11 is 0. The first-order valence-corrected chi connectivity index (χ1v) is 8.88. The number of carbonyl (C=O) groups excluding carboxylic acids is 1. The molecule has 2 aromatic carbocycles. The molecule has 4 rings (SSSR count). The van der Waals surface area contributed by atoms with Crippen LogP contribution >= 0.6 is 0 Å². The Labute approximate surface area is 157 Å². The summed E-state index contributed by atoms with van der Waals surface area (Å²) in [6, 6.07) is 15.3. The van der Waals surface area contributed by atoms with Gasteiger partial charge in [0.2, 0.25) is 0 Å². The van der Waals surface area contributed by atoms with Crippen LogP contribution in [-0.2, 0) is 0 Å². The van der Waals surface area contributed by atoms with Crippen LogP contribution in [0, 0.1) is 0 Å². The molecule has 3 aromatic rings. The predicted molar refractivity (Wildman–Crippen MR) is 103 cm³/mol. The minimum absolute atomic E-state index is 0.00761. The zero-order chi connectivity index (χ0) is 18.8. The minimum Gasteiger partial charge on any atom is -0.493 e. The average molecular weight is 363 g/mol. The maximum Gasteiger partial charge on any atom is 0.257 e. The maximum absolute atomic E-state index is 13.0. The Morgan fingerprint density at radius 3 is 2.37 bits per heavy atom. The summed E-state index contributed by atoms with van der Waals surface area (Å²) in [5, 5.41) is 4.72. The number of methoxy groups -OCH3 is 2. The van der Waals surface area contributed by atoms with Crippen LogP contribution in [0.1, 0.15) is 16.8 Å². The second kappa shape index (κ2) is 7.15. The van der Waals surface area contributed by atoms with E-state index in [0.717, 1.165) is 30.8 Å². The van der Waals surface area contributed by atoms with Crippen LogP contribution in [0.15, 0.2) is 54.7 Å². The average Bonchev–Trinajstić information content (AvgIpc) is 3.12. The van der Waals surface area contributed by atoms with Gasteiger partial charge in [-0.25, -0.2) is 4.68 Å². The molecule has 138 valence electrons. The summed E-state index contributed by atoms with van der Waals surface area (Å²) in [6.07, 6.45) is 2.85. The molecule has 1 fully saturated rings. The number of amides is 1. The van der Waals surface area contributed by atoms with Crippen molar-refractivity contribution in [2.24, 2.45) is 0 Å². The molecule has 27 heavy (non-hydrogen) atoms. The van der Waals surface area contributed by atoms with E-state index in [9.17, 15) is 4.79 Å². The van der Waals surface area contributed by atoms with Crippen LogP contribution in [-0.4, -0.2) is 47.9 Å². The number of rotatable bonds is 5. The molecule has 0 saturated carbocycles. The summed E-state index contributed by atoms with van der Waals surface area (Å²) in [7, 11) is 3.19. The van der Waals surface area contributed by atoms with Gasteiger partial charge in [-0.2, -0.15) is 5.10 Å². The molecule has 1 aliphatic heterocycles. The number of hydrogen-bond acceptors (Lipinski definition) is 4. The monoisotopic (exact) mass is 363 g/mol.